The van der Waals surface area contributed by atoms with Gasteiger partial charge in [0.15, 0.2) is 34.9 Å². The minimum Gasteiger partial charge on any atom is -0.203 e. The first kappa shape index (κ1) is 27.5. The molecule has 1 unspecified atom stereocenters. The second-order valence-corrected chi connectivity index (χ2v) is 10.8. The molecule has 0 aliphatic heterocycles. The number of benzene rings is 3. The summed E-state index contributed by atoms with van der Waals surface area (Å²) >= 11 is 0. The highest BCUT2D eigenvalue weighted by atomic mass is 19.2. The molecule has 2 aliphatic rings. The summed E-state index contributed by atoms with van der Waals surface area (Å²) in [6.45, 7) is 3.91. The molecule has 1 atom stereocenters. The molecule has 0 spiro atoms. The number of aryl methyl sites for hydroxylation is 2. The number of rotatable bonds is 8. The van der Waals surface area contributed by atoms with E-state index >= 15 is 8.78 Å². The second kappa shape index (κ2) is 11.2. The molecule has 6 heteroatoms. The second-order valence-electron chi connectivity index (χ2n) is 10.8. The SMILES string of the molecule is CCCCCc1ccc(C2CC=C(c3cc4c(c(F)c3F)-c3c(cc(CCC)c(F)c3F)C4)CC2)c(F)c1F. The molecule has 0 radical (unpaired) electrons. The van der Waals surface area contributed by atoms with Crippen molar-refractivity contribution in [1.29, 1.82) is 0 Å². The Bertz CT molecular complexity index is 1450. The van der Waals surface area contributed by atoms with Crippen molar-refractivity contribution in [3.05, 3.63) is 98.6 Å². The van der Waals surface area contributed by atoms with Gasteiger partial charge >= 0.3 is 0 Å². The monoisotopic (exact) mass is 542 g/mol. The van der Waals surface area contributed by atoms with E-state index < -0.39 is 34.9 Å². The number of unbranched alkanes of at least 4 members (excludes halogenated alkanes) is 2. The standard InChI is InChI=1S/C33H32F6/c1-3-5-6-8-20-13-14-24(30(36)28(20)34)18-9-11-19(12-10-18)25-17-23-16-22-15-21(7-4-2)29(35)32(38)26(22)27(23)33(39)31(25)37/h11,13-15,17-18H,3-10,12,16H2,1-2H3. The first-order chi connectivity index (χ1) is 18.8. The number of hydrogen-bond acceptors (Lipinski definition) is 0. The van der Waals surface area contributed by atoms with Gasteiger partial charge in [-0.3, -0.25) is 0 Å². The van der Waals surface area contributed by atoms with Crippen LogP contribution < -0.4 is 0 Å². The van der Waals surface area contributed by atoms with Crippen LogP contribution in [0.25, 0.3) is 16.7 Å². The molecular weight excluding hydrogens is 510 g/mol. The maximum atomic E-state index is 15.4. The summed E-state index contributed by atoms with van der Waals surface area (Å²) in [7, 11) is 0. The zero-order chi connectivity index (χ0) is 27.8. The largest absolute Gasteiger partial charge is 0.203 e. The van der Waals surface area contributed by atoms with E-state index in [1.165, 1.54) is 6.07 Å². The van der Waals surface area contributed by atoms with Crippen molar-refractivity contribution in [3.8, 4) is 11.1 Å². The molecule has 0 aromatic heterocycles. The van der Waals surface area contributed by atoms with Crippen molar-refractivity contribution in [2.24, 2.45) is 0 Å². The highest BCUT2D eigenvalue weighted by Gasteiger charge is 2.33. The Labute approximate surface area is 225 Å². The van der Waals surface area contributed by atoms with Gasteiger partial charge in [0.1, 0.15) is 0 Å². The molecule has 0 amide bonds. The molecule has 39 heavy (non-hydrogen) atoms. The number of halogens is 6. The molecular formula is C33H32F6. The van der Waals surface area contributed by atoms with Gasteiger partial charge in [-0.05, 0) is 90.3 Å². The zero-order valence-corrected chi connectivity index (χ0v) is 22.3. The fraction of sp³-hybridized carbons (Fsp3) is 0.394. The quantitative estimate of drug-likeness (QED) is 0.154. The summed E-state index contributed by atoms with van der Waals surface area (Å²) < 4.78 is 89.9. The number of hydrogen-bond donors (Lipinski definition) is 0. The maximum absolute atomic E-state index is 15.4. The lowest BCUT2D eigenvalue weighted by Crippen LogP contribution is -2.10. The van der Waals surface area contributed by atoms with E-state index in [4.69, 9.17) is 0 Å². The van der Waals surface area contributed by atoms with E-state index in [1.807, 2.05) is 6.92 Å². The molecule has 0 saturated heterocycles. The third-order valence-electron chi connectivity index (χ3n) is 8.24. The Balaban J connectivity index is 1.41. The van der Waals surface area contributed by atoms with Crippen molar-refractivity contribution in [2.45, 2.75) is 84.0 Å². The fourth-order valence-electron chi connectivity index (χ4n) is 6.17. The summed E-state index contributed by atoms with van der Waals surface area (Å²) in [5.74, 6) is -6.31. The van der Waals surface area contributed by atoms with Gasteiger partial charge in [-0.25, -0.2) is 26.3 Å². The van der Waals surface area contributed by atoms with E-state index in [1.54, 1.807) is 24.3 Å². The van der Waals surface area contributed by atoms with Crippen molar-refractivity contribution < 1.29 is 26.3 Å². The van der Waals surface area contributed by atoms with Gasteiger partial charge in [-0.2, -0.15) is 0 Å². The first-order valence-electron chi connectivity index (χ1n) is 13.9. The topological polar surface area (TPSA) is 0 Å². The van der Waals surface area contributed by atoms with E-state index in [0.29, 0.717) is 66.4 Å². The van der Waals surface area contributed by atoms with Crippen LogP contribution in [0.3, 0.4) is 0 Å². The Hall–Kier alpha value is -3.02. The molecule has 5 rings (SSSR count). The molecule has 0 fully saturated rings. The van der Waals surface area contributed by atoms with E-state index in [9.17, 15) is 17.6 Å². The van der Waals surface area contributed by atoms with Gasteiger partial charge in [0.2, 0.25) is 0 Å². The number of fused-ring (bicyclic) bond motifs is 3. The normalized spacial score (nSPS) is 16.3. The van der Waals surface area contributed by atoms with Crippen LogP contribution in [-0.4, -0.2) is 0 Å². The molecule has 0 saturated carbocycles. The van der Waals surface area contributed by atoms with Crippen LogP contribution in [0.5, 0.6) is 0 Å². The highest BCUT2D eigenvalue weighted by molar-refractivity contribution is 5.81. The van der Waals surface area contributed by atoms with Gasteiger partial charge in [-0.15, -0.1) is 0 Å². The maximum Gasteiger partial charge on any atom is 0.167 e. The average Bonchev–Trinajstić information content (AvgIpc) is 3.30. The highest BCUT2D eigenvalue weighted by Crippen LogP contribution is 2.46. The van der Waals surface area contributed by atoms with Gasteiger partial charge in [0.25, 0.3) is 0 Å². The van der Waals surface area contributed by atoms with E-state index in [2.05, 4.69) is 6.92 Å². The molecule has 0 bridgehead atoms. The minimum atomic E-state index is -1.18. The first-order valence-corrected chi connectivity index (χ1v) is 13.9. The van der Waals surface area contributed by atoms with Crippen LogP contribution in [0.4, 0.5) is 26.3 Å². The smallest absolute Gasteiger partial charge is 0.167 e. The predicted octanol–water partition coefficient (Wildman–Crippen LogP) is 10.1. The van der Waals surface area contributed by atoms with E-state index in [0.717, 1.165) is 19.3 Å². The molecule has 3 aromatic rings. The van der Waals surface area contributed by atoms with Gasteiger partial charge in [-0.1, -0.05) is 57.4 Å². The third-order valence-corrected chi connectivity index (χ3v) is 8.24. The summed E-state index contributed by atoms with van der Waals surface area (Å²) in [5.41, 5.74) is 2.06. The van der Waals surface area contributed by atoms with Gasteiger partial charge in [0, 0.05) is 16.7 Å². The summed E-state index contributed by atoms with van der Waals surface area (Å²) in [6, 6.07) is 6.39. The molecule has 0 N–H and O–H groups in total. The third kappa shape index (κ3) is 4.92. The van der Waals surface area contributed by atoms with Crippen LogP contribution in [0.1, 0.15) is 98.1 Å². The van der Waals surface area contributed by atoms with Crippen LogP contribution in [0, 0.1) is 34.9 Å². The lowest BCUT2D eigenvalue weighted by atomic mass is 9.81. The molecule has 2 aliphatic carbocycles. The molecule has 3 aromatic carbocycles. The summed E-state index contributed by atoms with van der Waals surface area (Å²) in [5, 5.41) is 0. The predicted molar refractivity (Wildman–Crippen MR) is 143 cm³/mol. The van der Waals surface area contributed by atoms with Crippen LogP contribution >= 0.6 is 0 Å². The Morgan fingerprint density at radius 2 is 1.38 bits per heavy atom. The molecule has 0 nitrogen and oxygen atoms in total. The van der Waals surface area contributed by atoms with Crippen LogP contribution in [0.2, 0.25) is 0 Å². The molecule has 206 valence electrons. The number of allylic oxidation sites excluding steroid dienone is 2. The van der Waals surface area contributed by atoms with Crippen LogP contribution in [0.15, 0.2) is 30.3 Å². The average molecular weight is 543 g/mol. The van der Waals surface area contributed by atoms with Crippen molar-refractivity contribution in [1.82, 2.24) is 0 Å². The fourth-order valence-corrected chi connectivity index (χ4v) is 6.17. The summed E-state index contributed by atoms with van der Waals surface area (Å²) in [4.78, 5) is 0. The van der Waals surface area contributed by atoms with Gasteiger partial charge < -0.3 is 0 Å². The summed E-state index contributed by atoms with van der Waals surface area (Å²) in [6.07, 6.45) is 7.35. The van der Waals surface area contributed by atoms with Crippen molar-refractivity contribution in [2.75, 3.05) is 0 Å². The van der Waals surface area contributed by atoms with E-state index in [-0.39, 0.29) is 34.6 Å². The molecule has 0 heterocycles. The zero-order valence-electron chi connectivity index (χ0n) is 22.3. The lowest BCUT2D eigenvalue weighted by Gasteiger charge is -2.24. The Kier molecular flexibility index (Phi) is 7.93. The van der Waals surface area contributed by atoms with Gasteiger partial charge in [0.05, 0.1) is 0 Å². The van der Waals surface area contributed by atoms with Crippen LogP contribution in [-0.2, 0) is 19.3 Å². The Morgan fingerprint density at radius 1 is 0.692 bits per heavy atom. The van der Waals surface area contributed by atoms with Crippen molar-refractivity contribution >= 4 is 5.57 Å². The lowest BCUT2D eigenvalue weighted by molar-refractivity contribution is 0.470. The Morgan fingerprint density at radius 3 is 2.05 bits per heavy atom. The minimum absolute atomic E-state index is 0.0880. The van der Waals surface area contributed by atoms with Crippen molar-refractivity contribution in [3.63, 3.8) is 0 Å².